The van der Waals surface area contributed by atoms with Crippen LogP contribution >= 0.6 is 11.3 Å². The number of hydrogen-bond donors (Lipinski definition) is 1. The first kappa shape index (κ1) is 9.45. The van der Waals surface area contributed by atoms with Crippen molar-refractivity contribution in [2.45, 2.75) is 6.92 Å². The Labute approximate surface area is 86.2 Å². The molecule has 2 heterocycles. The Bertz CT molecular complexity index is 326. The normalized spacial score (nSPS) is 26.8. The van der Waals surface area contributed by atoms with Crippen molar-refractivity contribution >= 4 is 22.4 Å². The number of aromatic nitrogens is 1. The van der Waals surface area contributed by atoms with E-state index < -0.39 is 5.97 Å². The van der Waals surface area contributed by atoms with Crippen LogP contribution in [0.4, 0.5) is 5.13 Å². The largest absolute Gasteiger partial charge is 0.481 e. The predicted octanol–water partition coefficient (Wildman–Crippen LogP) is 1.30. The van der Waals surface area contributed by atoms with E-state index in [1.165, 1.54) is 0 Å². The fourth-order valence-electron chi connectivity index (χ4n) is 1.82. The molecule has 5 heteroatoms. The molecular weight excluding hydrogens is 200 g/mol. The Balaban J connectivity index is 2.10. The average molecular weight is 212 g/mol. The Morgan fingerprint density at radius 2 is 2.50 bits per heavy atom. The number of carboxylic acid groups (broad SMARTS) is 1. The molecule has 2 atom stereocenters. The SMILES string of the molecule is C[C@@H]1CN(c2nccs2)C[C@H]1C(=O)O. The third kappa shape index (κ3) is 1.59. The topological polar surface area (TPSA) is 53.4 Å². The molecule has 1 N–H and O–H groups in total. The lowest BCUT2D eigenvalue weighted by Crippen LogP contribution is -2.22. The maximum Gasteiger partial charge on any atom is 0.308 e. The molecule has 0 spiro atoms. The van der Waals surface area contributed by atoms with Gasteiger partial charge in [-0.05, 0) is 5.92 Å². The summed E-state index contributed by atoms with van der Waals surface area (Å²) >= 11 is 1.56. The van der Waals surface area contributed by atoms with Gasteiger partial charge in [0.25, 0.3) is 0 Å². The van der Waals surface area contributed by atoms with Crippen molar-refractivity contribution < 1.29 is 9.90 Å². The standard InChI is InChI=1S/C9H12N2O2S/c1-6-4-11(5-7(6)8(12)13)9-10-2-3-14-9/h2-3,6-7H,4-5H2,1H3,(H,12,13)/t6-,7-/m1/s1. The summed E-state index contributed by atoms with van der Waals surface area (Å²) < 4.78 is 0. The highest BCUT2D eigenvalue weighted by Gasteiger charge is 2.35. The van der Waals surface area contributed by atoms with E-state index in [2.05, 4.69) is 4.98 Å². The lowest BCUT2D eigenvalue weighted by molar-refractivity contribution is -0.142. The lowest BCUT2D eigenvalue weighted by atomic mass is 9.99. The van der Waals surface area contributed by atoms with Gasteiger partial charge in [-0.15, -0.1) is 11.3 Å². The Morgan fingerprint density at radius 3 is 3.00 bits per heavy atom. The van der Waals surface area contributed by atoms with Crippen LogP contribution in [0.25, 0.3) is 0 Å². The summed E-state index contributed by atoms with van der Waals surface area (Å²) in [6.45, 7) is 3.36. The smallest absolute Gasteiger partial charge is 0.308 e. The van der Waals surface area contributed by atoms with Crippen molar-refractivity contribution in [3.63, 3.8) is 0 Å². The van der Waals surface area contributed by atoms with Crippen LogP contribution in [0.3, 0.4) is 0 Å². The molecule has 0 unspecified atom stereocenters. The summed E-state index contributed by atoms with van der Waals surface area (Å²) in [5.74, 6) is -0.744. The highest BCUT2D eigenvalue weighted by Crippen LogP contribution is 2.29. The van der Waals surface area contributed by atoms with E-state index in [1.54, 1.807) is 17.5 Å². The van der Waals surface area contributed by atoms with E-state index in [0.717, 1.165) is 11.7 Å². The monoisotopic (exact) mass is 212 g/mol. The highest BCUT2D eigenvalue weighted by molar-refractivity contribution is 7.13. The molecule has 0 bridgehead atoms. The second-order valence-electron chi connectivity index (χ2n) is 3.64. The number of hydrogen-bond acceptors (Lipinski definition) is 4. The molecular formula is C9H12N2O2S. The van der Waals surface area contributed by atoms with E-state index >= 15 is 0 Å². The van der Waals surface area contributed by atoms with Gasteiger partial charge in [-0.25, -0.2) is 4.98 Å². The summed E-state index contributed by atoms with van der Waals surface area (Å²) in [5.41, 5.74) is 0. The molecule has 76 valence electrons. The van der Waals surface area contributed by atoms with Crippen LogP contribution < -0.4 is 4.90 Å². The molecule has 0 saturated carbocycles. The van der Waals surface area contributed by atoms with Gasteiger partial charge in [0.1, 0.15) is 0 Å². The summed E-state index contributed by atoms with van der Waals surface area (Å²) in [5, 5.41) is 11.8. The molecule has 0 aliphatic carbocycles. The quantitative estimate of drug-likeness (QED) is 0.802. The van der Waals surface area contributed by atoms with Crippen LogP contribution in [-0.2, 0) is 4.79 Å². The van der Waals surface area contributed by atoms with Crippen LogP contribution in [-0.4, -0.2) is 29.1 Å². The zero-order valence-electron chi connectivity index (χ0n) is 7.88. The number of carboxylic acids is 1. The molecule has 1 fully saturated rings. The molecule has 0 aromatic carbocycles. The van der Waals surface area contributed by atoms with Gasteiger partial charge < -0.3 is 10.0 Å². The van der Waals surface area contributed by atoms with Crippen molar-refractivity contribution in [3.8, 4) is 0 Å². The average Bonchev–Trinajstić information content (AvgIpc) is 2.70. The van der Waals surface area contributed by atoms with Crippen molar-refractivity contribution in [1.82, 2.24) is 4.98 Å². The molecule has 4 nitrogen and oxygen atoms in total. The number of thiazole rings is 1. The first-order valence-corrected chi connectivity index (χ1v) is 5.43. The summed E-state index contributed by atoms with van der Waals surface area (Å²) in [6.07, 6.45) is 1.75. The summed E-state index contributed by atoms with van der Waals surface area (Å²) in [6, 6.07) is 0. The molecule has 0 radical (unpaired) electrons. The van der Waals surface area contributed by atoms with Crippen molar-refractivity contribution in [3.05, 3.63) is 11.6 Å². The fourth-order valence-corrected chi connectivity index (χ4v) is 2.48. The number of aliphatic carboxylic acids is 1. The zero-order chi connectivity index (χ0) is 10.1. The molecule has 1 aromatic rings. The van der Waals surface area contributed by atoms with Crippen molar-refractivity contribution in [2.75, 3.05) is 18.0 Å². The molecule has 1 saturated heterocycles. The van der Waals surface area contributed by atoms with Gasteiger partial charge in [0.2, 0.25) is 0 Å². The third-order valence-electron chi connectivity index (χ3n) is 2.62. The van der Waals surface area contributed by atoms with E-state index in [9.17, 15) is 4.79 Å². The van der Waals surface area contributed by atoms with E-state index in [-0.39, 0.29) is 11.8 Å². The zero-order valence-corrected chi connectivity index (χ0v) is 8.70. The highest BCUT2D eigenvalue weighted by atomic mass is 32.1. The van der Waals surface area contributed by atoms with Gasteiger partial charge in [-0.1, -0.05) is 6.92 Å². The predicted molar refractivity (Wildman–Crippen MR) is 54.6 cm³/mol. The minimum atomic E-state index is -0.698. The molecule has 1 aliphatic heterocycles. The second-order valence-corrected chi connectivity index (χ2v) is 4.51. The second kappa shape index (κ2) is 3.57. The minimum absolute atomic E-state index is 0.205. The molecule has 1 aliphatic rings. The first-order valence-electron chi connectivity index (χ1n) is 4.55. The molecule has 14 heavy (non-hydrogen) atoms. The number of nitrogens with zero attached hydrogens (tertiary/aromatic N) is 2. The van der Waals surface area contributed by atoms with Gasteiger partial charge in [0.05, 0.1) is 5.92 Å². The van der Waals surface area contributed by atoms with Gasteiger partial charge in [-0.2, -0.15) is 0 Å². The first-order chi connectivity index (χ1) is 6.68. The fraction of sp³-hybridized carbons (Fsp3) is 0.556. The lowest BCUT2D eigenvalue weighted by Gasteiger charge is -2.13. The number of rotatable bonds is 2. The molecule has 0 amide bonds. The van der Waals surface area contributed by atoms with E-state index in [0.29, 0.717) is 6.54 Å². The van der Waals surface area contributed by atoms with Gasteiger partial charge in [0.15, 0.2) is 5.13 Å². The summed E-state index contributed by atoms with van der Waals surface area (Å²) in [4.78, 5) is 17.1. The molecule has 1 aromatic heterocycles. The minimum Gasteiger partial charge on any atom is -0.481 e. The Kier molecular flexibility index (Phi) is 2.41. The van der Waals surface area contributed by atoms with Gasteiger partial charge in [0, 0.05) is 24.7 Å². The van der Waals surface area contributed by atoms with E-state index in [4.69, 9.17) is 5.11 Å². The summed E-state index contributed by atoms with van der Waals surface area (Å²) in [7, 11) is 0. The van der Waals surface area contributed by atoms with Crippen molar-refractivity contribution in [2.24, 2.45) is 11.8 Å². The molecule has 2 rings (SSSR count). The van der Waals surface area contributed by atoms with Crippen LogP contribution in [0.5, 0.6) is 0 Å². The van der Waals surface area contributed by atoms with E-state index in [1.807, 2.05) is 17.2 Å². The maximum atomic E-state index is 10.9. The van der Waals surface area contributed by atoms with Gasteiger partial charge >= 0.3 is 5.97 Å². The number of carbonyl (C=O) groups is 1. The van der Waals surface area contributed by atoms with Crippen molar-refractivity contribution in [1.29, 1.82) is 0 Å². The van der Waals surface area contributed by atoms with Gasteiger partial charge in [-0.3, -0.25) is 4.79 Å². The Hall–Kier alpha value is -1.10. The maximum absolute atomic E-state index is 10.9. The Morgan fingerprint density at radius 1 is 1.71 bits per heavy atom. The third-order valence-corrected chi connectivity index (χ3v) is 3.45. The van der Waals surface area contributed by atoms with Crippen LogP contribution in [0, 0.1) is 11.8 Å². The number of anilines is 1. The van der Waals surface area contributed by atoms with Crippen LogP contribution in [0.2, 0.25) is 0 Å². The van der Waals surface area contributed by atoms with Crippen LogP contribution in [0.15, 0.2) is 11.6 Å². The van der Waals surface area contributed by atoms with Crippen LogP contribution in [0.1, 0.15) is 6.92 Å².